The van der Waals surface area contributed by atoms with E-state index < -0.39 is 15.8 Å². The molecule has 0 unspecified atom stereocenters. The van der Waals surface area contributed by atoms with Crippen LogP contribution in [0.3, 0.4) is 0 Å². The predicted molar refractivity (Wildman–Crippen MR) is 94.3 cm³/mol. The summed E-state index contributed by atoms with van der Waals surface area (Å²) >= 11 is 9.01. The van der Waals surface area contributed by atoms with E-state index in [0.717, 1.165) is 16.4 Å². The fourth-order valence-electron chi connectivity index (χ4n) is 2.54. The highest BCUT2D eigenvalue weighted by Crippen LogP contribution is 2.24. The van der Waals surface area contributed by atoms with Crippen molar-refractivity contribution < 1.29 is 12.8 Å². The minimum absolute atomic E-state index is 0.164. The normalized spacial score (nSPS) is 16.4. The SMILES string of the molecule is O=S(=O)(c1ccc(Cl)cc1F)N1CCN(c2ccc(Br)cn2)CC1. The van der Waals surface area contributed by atoms with Gasteiger partial charge in [-0.15, -0.1) is 0 Å². The van der Waals surface area contributed by atoms with Crippen LogP contribution in [-0.4, -0.2) is 43.9 Å². The van der Waals surface area contributed by atoms with Crippen LogP contribution in [0.2, 0.25) is 5.02 Å². The van der Waals surface area contributed by atoms with E-state index in [0.29, 0.717) is 13.1 Å². The number of aromatic nitrogens is 1. The van der Waals surface area contributed by atoms with Crippen LogP contribution in [0.5, 0.6) is 0 Å². The summed E-state index contributed by atoms with van der Waals surface area (Å²) in [4.78, 5) is 5.96. The summed E-state index contributed by atoms with van der Waals surface area (Å²) < 4.78 is 41.4. The van der Waals surface area contributed by atoms with Gasteiger partial charge in [0, 0.05) is 41.9 Å². The molecule has 0 radical (unpaired) electrons. The van der Waals surface area contributed by atoms with E-state index in [-0.39, 0.29) is 23.0 Å². The Morgan fingerprint density at radius 3 is 2.42 bits per heavy atom. The first-order chi connectivity index (χ1) is 11.4. The first-order valence-corrected chi connectivity index (χ1v) is 9.81. The summed E-state index contributed by atoms with van der Waals surface area (Å²) in [5, 5.41) is 0.164. The second kappa shape index (κ2) is 6.95. The van der Waals surface area contributed by atoms with E-state index in [1.807, 2.05) is 17.0 Å². The zero-order chi connectivity index (χ0) is 17.3. The molecule has 2 aromatic rings. The molecule has 1 aromatic heterocycles. The lowest BCUT2D eigenvalue weighted by molar-refractivity contribution is 0.381. The van der Waals surface area contributed by atoms with Crippen molar-refractivity contribution in [2.45, 2.75) is 4.90 Å². The molecule has 0 saturated carbocycles. The van der Waals surface area contributed by atoms with Crippen molar-refractivity contribution in [3.8, 4) is 0 Å². The lowest BCUT2D eigenvalue weighted by Gasteiger charge is -2.34. The van der Waals surface area contributed by atoms with E-state index in [1.54, 1.807) is 6.20 Å². The third-order valence-electron chi connectivity index (χ3n) is 3.79. The number of hydrogen-bond donors (Lipinski definition) is 0. The molecule has 9 heteroatoms. The van der Waals surface area contributed by atoms with E-state index in [1.165, 1.54) is 16.4 Å². The molecule has 0 N–H and O–H groups in total. The largest absolute Gasteiger partial charge is 0.354 e. The lowest BCUT2D eigenvalue weighted by Crippen LogP contribution is -2.49. The highest BCUT2D eigenvalue weighted by Gasteiger charge is 2.31. The Bertz CT molecular complexity index is 840. The summed E-state index contributed by atoms with van der Waals surface area (Å²) in [6.45, 7) is 1.51. The van der Waals surface area contributed by atoms with Gasteiger partial charge in [-0.1, -0.05) is 11.6 Å². The average molecular weight is 435 g/mol. The molecule has 1 saturated heterocycles. The fourth-order valence-corrected chi connectivity index (χ4v) is 4.40. The highest BCUT2D eigenvalue weighted by atomic mass is 79.9. The molecular weight excluding hydrogens is 421 g/mol. The number of benzene rings is 1. The van der Waals surface area contributed by atoms with Crippen LogP contribution < -0.4 is 4.90 Å². The number of anilines is 1. The van der Waals surface area contributed by atoms with Crippen molar-refractivity contribution in [3.05, 3.63) is 51.8 Å². The second-order valence-corrected chi connectivity index (χ2v) is 8.56. The van der Waals surface area contributed by atoms with Crippen LogP contribution in [0, 0.1) is 5.82 Å². The number of halogens is 3. The topological polar surface area (TPSA) is 53.5 Å². The van der Waals surface area contributed by atoms with Gasteiger partial charge in [-0.25, -0.2) is 17.8 Å². The third kappa shape index (κ3) is 3.56. The third-order valence-corrected chi connectivity index (χ3v) is 6.42. The summed E-state index contributed by atoms with van der Waals surface area (Å²) in [6.07, 6.45) is 1.70. The van der Waals surface area contributed by atoms with Gasteiger partial charge in [0.15, 0.2) is 0 Å². The molecule has 1 aliphatic heterocycles. The van der Waals surface area contributed by atoms with Crippen LogP contribution in [-0.2, 0) is 10.0 Å². The van der Waals surface area contributed by atoms with E-state index >= 15 is 0 Å². The van der Waals surface area contributed by atoms with Crippen molar-refractivity contribution in [1.82, 2.24) is 9.29 Å². The molecule has 24 heavy (non-hydrogen) atoms. The first kappa shape index (κ1) is 17.6. The highest BCUT2D eigenvalue weighted by molar-refractivity contribution is 9.10. The molecule has 0 bridgehead atoms. The summed E-state index contributed by atoms with van der Waals surface area (Å²) in [6, 6.07) is 7.34. The summed E-state index contributed by atoms with van der Waals surface area (Å²) in [5.41, 5.74) is 0. The van der Waals surface area contributed by atoms with Crippen LogP contribution in [0.1, 0.15) is 0 Å². The molecular formula is C15H14BrClFN3O2S. The summed E-state index contributed by atoms with van der Waals surface area (Å²) in [5.74, 6) is -0.0487. The zero-order valence-electron chi connectivity index (χ0n) is 12.5. The molecule has 0 aliphatic carbocycles. The molecule has 0 atom stereocenters. The van der Waals surface area contributed by atoms with Gasteiger partial charge in [0.05, 0.1) is 0 Å². The Morgan fingerprint density at radius 2 is 1.83 bits per heavy atom. The minimum atomic E-state index is -3.88. The van der Waals surface area contributed by atoms with Crippen LogP contribution >= 0.6 is 27.5 Å². The van der Waals surface area contributed by atoms with Gasteiger partial charge < -0.3 is 4.90 Å². The Kier molecular flexibility index (Phi) is 5.10. The number of hydrogen-bond acceptors (Lipinski definition) is 4. The Labute approximate surface area is 153 Å². The van der Waals surface area contributed by atoms with Gasteiger partial charge in [-0.2, -0.15) is 4.31 Å². The maximum atomic E-state index is 14.0. The smallest absolute Gasteiger partial charge is 0.246 e. The van der Waals surface area contributed by atoms with Crippen LogP contribution in [0.25, 0.3) is 0 Å². The van der Waals surface area contributed by atoms with Crippen molar-refractivity contribution in [2.75, 3.05) is 31.1 Å². The fraction of sp³-hybridized carbons (Fsp3) is 0.267. The number of piperazine rings is 1. The van der Waals surface area contributed by atoms with Crippen molar-refractivity contribution >= 4 is 43.4 Å². The van der Waals surface area contributed by atoms with Gasteiger partial charge in [0.1, 0.15) is 16.5 Å². The number of pyridine rings is 1. The zero-order valence-corrected chi connectivity index (χ0v) is 15.7. The van der Waals surface area contributed by atoms with E-state index in [2.05, 4.69) is 20.9 Å². The number of nitrogens with zero attached hydrogens (tertiary/aromatic N) is 3. The monoisotopic (exact) mass is 433 g/mol. The Morgan fingerprint density at radius 1 is 1.12 bits per heavy atom. The standard InChI is InChI=1S/C15H14BrClFN3O2S/c16-11-1-4-15(19-10-11)20-5-7-21(8-6-20)24(22,23)14-3-2-12(17)9-13(14)18/h1-4,9-10H,5-8H2. The van der Waals surface area contributed by atoms with Gasteiger partial charge in [0.25, 0.3) is 0 Å². The molecule has 2 heterocycles. The van der Waals surface area contributed by atoms with Crippen LogP contribution in [0.15, 0.2) is 45.9 Å². The molecule has 0 amide bonds. The predicted octanol–water partition coefficient (Wildman–Crippen LogP) is 3.15. The molecule has 3 rings (SSSR count). The lowest BCUT2D eigenvalue weighted by atomic mass is 10.3. The molecule has 5 nitrogen and oxygen atoms in total. The molecule has 0 spiro atoms. The van der Waals surface area contributed by atoms with Crippen molar-refractivity contribution in [1.29, 1.82) is 0 Å². The van der Waals surface area contributed by atoms with Gasteiger partial charge >= 0.3 is 0 Å². The maximum Gasteiger partial charge on any atom is 0.246 e. The van der Waals surface area contributed by atoms with E-state index in [9.17, 15) is 12.8 Å². The van der Waals surface area contributed by atoms with Crippen LogP contribution in [0.4, 0.5) is 10.2 Å². The van der Waals surface area contributed by atoms with Crippen molar-refractivity contribution in [2.24, 2.45) is 0 Å². The molecule has 1 fully saturated rings. The van der Waals surface area contributed by atoms with Gasteiger partial charge in [-0.05, 0) is 46.3 Å². The van der Waals surface area contributed by atoms with Gasteiger partial charge in [-0.3, -0.25) is 0 Å². The molecule has 1 aliphatic rings. The number of rotatable bonds is 3. The Balaban J connectivity index is 1.75. The Hall–Kier alpha value is -1.22. The second-order valence-electron chi connectivity index (χ2n) is 5.30. The minimum Gasteiger partial charge on any atom is -0.354 e. The maximum absolute atomic E-state index is 14.0. The summed E-state index contributed by atoms with van der Waals surface area (Å²) in [7, 11) is -3.88. The van der Waals surface area contributed by atoms with E-state index in [4.69, 9.17) is 11.6 Å². The quantitative estimate of drug-likeness (QED) is 0.745. The number of sulfonamides is 1. The molecule has 128 valence electrons. The van der Waals surface area contributed by atoms with Gasteiger partial charge in [0.2, 0.25) is 10.0 Å². The molecule has 1 aromatic carbocycles. The first-order valence-electron chi connectivity index (χ1n) is 7.19. The van der Waals surface area contributed by atoms with Crippen molar-refractivity contribution in [3.63, 3.8) is 0 Å². The average Bonchev–Trinajstić information content (AvgIpc) is 2.55.